The molecule has 132 valence electrons. The minimum atomic E-state index is -0.357. The molecular formula is C19H22N2O4. The van der Waals surface area contributed by atoms with Gasteiger partial charge in [0, 0.05) is 25.7 Å². The molecule has 0 fully saturated rings. The summed E-state index contributed by atoms with van der Waals surface area (Å²) in [6, 6.07) is 12.3. The van der Waals surface area contributed by atoms with Crippen LogP contribution in [0.15, 0.2) is 42.5 Å². The minimum absolute atomic E-state index is 0.238. The van der Waals surface area contributed by atoms with Crippen molar-refractivity contribution >= 4 is 17.7 Å². The summed E-state index contributed by atoms with van der Waals surface area (Å²) in [6.07, 6.45) is 0. The maximum Gasteiger partial charge on any atom is 0.338 e. The fraction of sp³-hybridized carbons (Fsp3) is 0.263. The van der Waals surface area contributed by atoms with Crippen molar-refractivity contribution in [1.29, 1.82) is 0 Å². The molecule has 0 saturated heterocycles. The average molecular weight is 342 g/mol. The molecule has 0 aliphatic rings. The molecule has 25 heavy (non-hydrogen) atoms. The molecule has 0 aromatic heterocycles. The summed E-state index contributed by atoms with van der Waals surface area (Å²) in [5.74, 6) is 0.283. The van der Waals surface area contributed by atoms with Crippen molar-refractivity contribution in [2.45, 2.75) is 6.92 Å². The third-order valence-electron chi connectivity index (χ3n) is 3.58. The molecule has 2 aromatic carbocycles. The van der Waals surface area contributed by atoms with Gasteiger partial charge >= 0.3 is 12.0 Å². The Morgan fingerprint density at radius 1 is 1.08 bits per heavy atom. The lowest BCUT2D eigenvalue weighted by Gasteiger charge is -2.16. The second-order valence-corrected chi connectivity index (χ2v) is 5.53. The summed E-state index contributed by atoms with van der Waals surface area (Å²) in [7, 11) is 4.91. The van der Waals surface area contributed by atoms with Crippen LogP contribution in [0.1, 0.15) is 17.3 Å². The van der Waals surface area contributed by atoms with Crippen LogP contribution in [-0.4, -0.2) is 44.7 Å². The summed E-state index contributed by atoms with van der Waals surface area (Å²) in [5.41, 5.74) is 2.80. The van der Waals surface area contributed by atoms with E-state index in [2.05, 4.69) is 5.32 Å². The number of methoxy groups -OCH3 is 1. The zero-order valence-corrected chi connectivity index (χ0v) is 14.8. The van der Waals surface area contributed by atoms with Crippen LogP contribution in [0.4, 0.5) is 10.5 Å². The summed E-state index contributed by atoms with van der Waals surface area (Å²) < 4.78 is 10.2. The molecule has 0 aliphatic heterocycles. The van der Waals surface area contributed by atoms with Crippen LogP contribution < -0.4 is 10.1 Å². The van der Waals surface area contributed by atoms with Gasteiger partial charge in [-0.3, -0.25) is 0 Å². The summed E-state index contributed by atoms with van der Waals surface area (Å²) in [4.78, 5) is 25.2. The molecule has 0 bridgehead atoms. The Hall–Kier alpha value is -3.02. The van der Waals surface area contributed by atoms with Gasteiger partial charge in [-0.25, -0.2) is 9.59 Å². The quantitative estimate of drug-likeness (QED) is 0.843. The van der Waals surface area contributed by atoms with E-state index in [1.807, 2.05) is 24.3 Å². The van der Waals surface area contributed by atoms with Gasteiger partial charge in [0.05, 0.1) is 25.0 Å². The van der Waals surface area contributed by atoms with E-state index in [9.17, 15) is 9.59 Å². The minimum Gasteiger partial charge on any atom is -0.497 e. The van der Waals surface area contributed by atoms with Gasteiger partial charge in [-0.15, -0.1) is 0 Å². The largest absolute Gasteiger partial charge is 0.497 e. The first-order chi connectivity index (χ1) is 12.0. The van der Waals surface area contributed by atoms with E-state index < -0.39 is 0 Å². The lowest BCUT2D eigenvalue weighted by molar-refractivity contribution is 0.0526. The van der Waals surface area contributed by atoms with Crippen LogP contribution in [0.25, 0.3) is 11.1 Å². The fourth-order valence-electron chi connectivity index (χ4n) is 2.23. The Balaban J connectivity index is 2.37. The van der Waals surface area contributed by atoms with Crippen molar-refractivity contribution in [2.24, 2.45) is 0 Å². The number of hydrogen-bond acceptors (Lipinski definition) is 4. The number of ether oxygens (including phenoxy) is 2. The summed E-state index contributed by atoms with van der Waals surface area (Å²) in [6.45, 7) is 2.10. The Morgan fingerprint density at radius 2 is 1.76 bits per heavy atom. The van der Waals surface area contributed by atoms with Crippen molar-refractivity contribution < 1.29 is 19.1 Å². The molecule has 0 heterocycles. The number of carbonyl (C=O) groups excluding carboxylic acids is 2. The van der Waals surface area contributed by atoms with Gasteiger partial charge < -0.3 is 19.7 Å². The molecule has 0 atom stereocenters. The Morgan fingerprint density at radius 3 is 2.32 bits per heavy atom. The molecule has 2 aromatic rings. The Bertz CT molecular complexity index is 755. The number of hydrogen-bond donors (Lipinski definition) is 1. The van der Waals surface area contributed by atoms with Crippen LogP contribution in [0.3, 0.4) is 0 Å². The van der Waals surface area contributed by atoms with Gasteiger partial charge in [-0.1, -0.05) is 12.1 Å². The molecular weight excluding hydrogens is 320 g/mol. The van der Waals surface area contributed by atoms with Crippen molar-refractivity contribution in [3.05, 3.63) is 48.0 Å². The first-order valence-corrected chi connectivity index (χ1v) is 7.90. The SMILES string of the molecule is CCOC(=O)c1ccc(-c2ccc(OC)cc2NC(=O)N(C)C)cc1. The number of nitrogens with one attached hydrogen (secondary N) is 1. The molecule has 0 aliphatic carbocycles. The second kappa shape index (κ2) is 8.19. The van der Waals surface area contributed by atoms with Gasteiger partial charge in [0.25, 0.3) is 0 Å². The maximum absolute atomic E-state index is 12.0. The highest BCUT2D eigenvalue weighted by molar-refractivity contribution is 5.95. The molecule has 2 rings (SSSR count). The predicted octanol–water partition coefficient (Wildman–Crippen LogP) is 3.63. The van der Waals surface area contributed by atoms with Crippen LogP contribution in [0.5, 0.6) is 5.75 Å². The van der Waals surface area contributed by atoms with E-state index >= 15 is 0 Å². The Kier molecular flexibility index (Phi) is 6.00. The number of benzene rings is 2. The predicted molar refractivity (Wildman–Crippen MR) is 97.1 cm³/mol. The fourth-order valence-corrected chi connectivity index (χ4v) is 2.23. The zero-order chi connectivity index (χ0) is 18.4. The Labute approximate surface area is 147 Å². The van der Waals surface area contributed by atoms with Crippen molar-refractivity contribution in [1.82, 2.24) is 4.90 Å². The highest BCUT2D eigenvalue weighted by atomic mass is 16.5. The lowest BCUT2D eigenvalue weighted by Crippen LogP contribution is -2.27. The summed E-state index contributed by atoms with van der Waals surface area (Å²) >= 11 is 0. The number of nitrogens with zero attached hydrogens (tertiary/aromatic N) is 1. The molecule has 0 unspecified atom stereocenters. The zero-order valence-electron chi connectivity index (χ0n) is 14.8. The number of urea groups is 1. The van der Waals surface area contributed by atoms with E-state index in [1.54, 1.807) is 46.3 Å². The average Bonchev–Trinajstić information content (AvgIpc) is 2.62. The van der Waals surface area contributed by atoms with Crippen molar-refractivity contribution in [3.8, 4) is 16.9 Å². The van der Waals surface area contributed by atoms with Gasteiger partial charge in [0.15, 0.2) is 0 Å². The van der Waals surface area contributed by atoms with Gasteiger partial charge in [-0.05, 0) is 36.8 Å². The monoisotopic (exact) mass is 342 g/mol. The first-order valence-electron chi connectivity index (χ1n) is 7.90. The summed E-state index contributed by atoms with van der Waals surface area (Å²) in [5, 5.41) is 2.86. The highest BCUT2D eigenvalue weighted by Crippen LogP contribution is 2.32. The van der Waals surface area contributed by atoms with Gasteiger partial charge in [0.1, 0.15) is 5.75 Å². The highest BCUT2D eigenvalue weighted by Gasteiger charge is 2.13. The van der Waals surface area contributed by atoms with E-state index in [0.29, 0.717) is 23.6 Å². The van der Waals surface area contributed by atoms with Crippen molar-refractivity contribution in [3.63, 3.8) is 0 Å². The number of esters is 1. The third kappa shape index (κ3) is 4.50. The maximum atomic E-state index is 12.0. The van der Waals surface area contributed by atoms with Crippen LogP contribution >= 0.6 is 0 Å². The first kappa shape index (κ1) is 18.3. The molecule has 0 spiro atoms. The lowest BCUT2D eigenvalue weighted by atomic mass is 10.0. The van der Waals surface area contributed by atoms with E-state index in [1.165, 1.54) is 4.90 Å². The topological polar surface area (TPSA) is 67.9 Å². The third-order valence-corrected chi connectivity index (χ3v) is 3.58. The van der Waals surface area contributed by atoms with E-state index in [0.717, 1.165) is 11.1 Å². The van der Waals surface area contributed by atoms with E-state index in [-0.39, 0.29) is 12.0 Å². The number of carbonyl (C=O) groups is 2. The van der Waals surface area contributed by atoms with Crippen LogP contribution in [-0.2, 0) is 4.74 Å². The smallest absolute Gasteiger partial charge is 0.338 e. The normalized spacial score (nSPS) is 10.1. The number of amides is 2. The van der Waals surface area contributed by atoms with Crippen molar-refractivity contribution in [2.75, 3.05) is 33.1 Å². The molecule has 1 N–H and O–H groups in total. The van der Waals surface area contributed by atoms with Gasteiger partial charge in [-0.2, -0.15) is 0 Å². The molecule has 6 heteroatoms. The molecule has 0 saturated carbocycles. The second-order valence-electron chi connectivity index (χ2n) is 5.53. The standard InChI is InChI=1S/C19H22N2O4/c1-5-25-18(22)14-8-6-13(7-9-14)16-11-10-15(24-4)12-17(16)20-19(23)21(2)3/h6-12H,5H2,1-4H3,(H,20,23). The molecule has 6 nitrogen and oxygen atoms in total. The van der Waals surface area contributed by atoms with Crippen LogP contribution in [0.2, 0.25) is 0 Å². The van der Waals surface area contributed by atoms with E-state index in [4.69, 9.17) is 9.47 Å². The van der Waals surface area contributed by atoms with Gasteiger partial charge in [0.2, 0.25) is 0 Å². The number of rotatable bonds is 5. The molecule has 2 amide bonds. The molecule has 0 radical (unpaired) electrons. The number of anilines is 1. The van der Waals surface area contributed by atoms with Crippen LogP contribution in [0, 0.1) is 0 Å².